The molecule has 1 N–H and O–H groups in total. The fourth-order valence-electron chi connectivity index (χ4n) is 1.77. The molecular weight excluding hydrogens is 254 g/mol. The number of methoxy groups -OCH3 is 1. The van der Waals surface area contributed by atoms with E-state index >= 15 is 0 Å². The van der Waals surface area contributed by atoms with Crippen molar-refractivity contribution in [3.63, 3.8) is 0 Å². The summed E-state index contributed by atoms with van der Waals surface area (Å²) in [5.74, 6) is 0.697. The molecule has 4 heteroatoms. The average Bonchev–Trinajstić information content (AvgIpc) is 2.40. The molecule has 0 fully saturated rings. The van der Waals surface area contributed by atoms with Crippen LogP contribution in [0.1, 0.15) is 39.7 Å². The molecule has 1 aromatic carbocycles. The molecule has 1 aromatic rings. The summed E-state index contributed by atoms with van der Waals surface area (Å²) in [5.41, 5.74) is 0.938. The summed E-state index contributed by atoms with van der Waals surface area (Å²) >= 11 is 0. The highest BCUT2D eigenvalue weighted by atomic mass is 16.5. The Bertz CT molecular complexity index is 465. The molecule has 1 rings (SSSR count). The molecule has 112 valence electrons. The van der Waals surface area contributed by atoms with E-state index in [1.54, 1.807) is 14.0 Å². The molecule has 0 saturated heterocycles. The largest absolute Gasteiger partial charge is 0.491 e. The topological polar surface area (TPSA) is 47.6 Å². The molecule has 0 aliphatic carbocycles. The lowest BCUT2D eigenvalue weighted by atomic mass is 10.0. The highest BCUT2D eigenvalue weighted by Gasteiger charge is 2.30. The van der Waals surface area contributed by atoms with Gasteiger partial charge in [-0.3, -0.25) is 4.79 Å². The maximum atomic E-state index is 12.2. The number of carbonyl (C=O) groups is 1. The van der Waals surface area contributed by atoms with Crippen molar-refractivity contribution < 1.29 is 14.3 Å². The Kier molecular flexibility index (Phi) is 5.57. The molecular formula is C16H25NO3. The van der Waals surface area contributed by atoms with Crippen molar-refractivity contribution in [2.75, 3.05) is 12.4 Å². The van der Waals surface area contributed by atoms with Crippen LogP contribution >= 0.6 is 0 Å². The maximum absolute atomic E-state index is 12.2. The van der Waals surface area contributed by atoms with E-state index in [1.165, 1.54) is 0 Å². The summed E-state index contributed by atoms with van der Waals surface area (Å²) in [6, 6.07) is 5.62. The summed E-state index contributed by atoms with van der Waals surface area (Å²) < 4.78 is 11.0. The van der Waals surface area contributed by atoms with Gasteiger partial charge in [-0.1, -0.05) is 6.92 Å². The first-order chi connectivity index (χ1) is 9.32. The molecule has 0 unspecified atom stereocenters. The highest BCUT2D eigenvalue weighted by Crippen LogP contribution is 2.24. The number of anilines is 1. The average molecular weight is 279 g/mol. The molecule has 1 atom stereocenters. The molecule has 20 heavy (non-hydrogen) atoms. The SMILES string of the molecule is CC[C@](C)(OC)C(=O)Nc1ccc(OC(C)C)c(C)c1. The normalized spacial score (nSPS) is 13.9. The minimum absolute atomic E-state index is 0.131. The number of amides is 1. The van der Waals surface area contributed by atoms with E-state index in [0.717, 1.165) is 17.0 Å². The fourth-order valence-corrected chi connectivity index (χ4v) is 1.77. The fraction of sp³-hybridized carbons (Fsp3) is 0.562. The number of rotatable bonds is 6. The minimum Gasteiger partial charge on any atom is -0.491 e. The van der Waals surface area contributed by atoms with E-state index in [1.807, 2.05) is 45.9 Å². The number of hydrogen-bond acceptors (Lipinski definition) is 3. The van der Waals surface area contributed by atoms with E-state index in [0.29, 0.717) is 6.42 Å². The van der Waals surface area contributed by atoms with Gasteiger partial charge < -0.3 is 14.8 Å². The van der Waals surface area contributed by atoms with Gasteiger partial charge in [-0.05, 0) is 57.9 Å². The lowest BCUT2D eigenvalue weighted by molar-refractivity contribution is -0.136. The van der Waals surface area contributed by atoms with Crippen molar-refractivity contribution in [2.45, 2.75) is 52.7 Å². The summed E-state index contributed by atoms with van der Waals surface area (Å²) in [4.78, 5) is 12.2. The zero-order chi connectivity index (χ0) is 15.3. The molecule has 0 aromatic heterocycles. The van der Waals surface area contributed by atoms with Gasteiger partial charge in [-0.15, -0.1) is 0 Å². The molecule has 0 heterocycles. The van der Waals surface area contributed by atoms with Crippen molar-refractivity contribution in [2.24, 2.45) is 0 Å². The van der Waals surface area contributed by atoms with Gasteiger partial charge in [0, 0.05) is 12.8 Å². The van der Waals surface area contributed by atoms with Crippen molar-refractivity contribution >= 4 is 11.6 Å². The van der Waals surface area contributed by atoms with Crippen LogP contribution in [0.2, 0.25) is 0 Å². The Labute approximate surface area is 121 Å². The van der Waals surface area contributed by atoms with Gasteiger partial charge in [0.15, 0.2) is 0 Å². The molecule has 0 spiro atoms. The van der Waals surface area contributed by atoms with Gasteiger partial charge in [-0.2, -0.15) is 0 Å². The van der Waals surface area contributed by atoms with Crippen molar-refractivity contribution in [1.82, 2.24) is 0 Å². The Morgan fingerprint density at radius 3 is 2.50 bits per heavy atom. The Morgan fingerprint density at radius 1 is 1.40 bits per heavy atom. The number of benzene rings is 1. The number of hydrogen-bond donors (Lipinski definition) is 1. The first-order valence-corrected chi connectivity index (χ1v) is 6.96. The van der Waals surface area contributed by atoms with Crippen LogP contribution in [0.3, 0.4) is 0 Å². The molecule has 0 aliphatic rings. The Hall–Kier alpha value is -1.55. The van der Waals surface area contributed by atoms with Gasteiger partial charge in [0.05, 0.1) is 6.10 Å². The summed E-state index contributed by atoms with van der Waals surface area (Å²) in [6.07, 6.45) is 0.745. The van der Waals surface area contributed by atoms with Gasteiger partial charge in [0.2, 0.25) is 0 Å². The molecule has 0 saturated carbocycles. The third kappa shape index (κ3) is 3.97. The van der Waals surface area contributed by atoms with Gasteiger partial charge in [0.25, 0.3) is 5.91 Å². The first-order valence-electron chi connectivity index (χ1n) is 6.96. The van der Waals surface area contributed by atoms with Crippen LogP contribution < -0.4 is 10.1 Å². The van der Waals surface area contributed by atoms with Crippen LogP contribution in [0.4, 0.5) is 5.69 Å². The first kappa shape index (κ1) is 16.5. The van der Waals surface area contributed by atoms with Gasteiger partial charge in [-0.25, -0.2) is 0 Å². The molecule has 4 nitrogen and oxygen atoms in total. The maximum Gasteiger partial charge on any atom is 0.256 e. The number of nitrogens with one attached hydrogen (secondary N) is 1. The second kappa shape index (κ2) is 6.75. The van der Waals surface area contributed by atoms with E-state index < -0.39 is 5.60 Å². The molecule has 0 aliphatic heterocycles. The number of carbonyl (C=O) groups excluding carboxylic acids is 1. The van der Waals surface area contributed by atoms with Crippen LogP contribution in [-0.4, -0.2) is 24.7 Å². The second-order valence-corrected chi connectivity index (χ2v) is 5.39. The van der Waals surface area contributed by atoms with E-state index in [4.69, 9.17) is 9.47 Å². The van der Waals surface area contributed by atoms with E-state index in [2.05, 4.69) is 5.32 Å². The Balaban J connectivity index is 2.84. The number of aryl methyl sites for hydroxylation is 1. The standard InChI is InChI=1S/C16H25NO3/c1-7-16(5,19-6)15(18)17-13-8-9-14(12(4)10-13)20-11(2)3/h8-11H,7H2,1-6H3,(H,17,18)/t16-/m0/s1. The molecule has 1 amide bonds. The van der Waals surface area contributed by atoms with Gasteiger partial charge in [0.1, 0.15) is 11.4 Å². The molecule has 0 radical (unpaired) electrons. The van der Waals surface area contributed by atoms with Crippen molar-refractivity contribution in [3.8, 4) is 5.75 Å². The highest BCUT2D eigenvalue weighted by molar-refractivity contribution is 5.97. The van der Waals surface area contributed by atoms with Crippen LogP contribution in [0.15, 0.2) is 18.2 Å². The van der Waals surface area contributed by atoms with Crippen LogP contribution in [-0.2, 0) is 9.53 Å². The van der Waals surface area contributed by atoms with Crippen LogP contribution in [0.25, 0.3) is 0 Å². The molecule has 0 bridgehead atoms. The number of ether oxygens (including phenoxy) is 2. The zero-order valence-corrected chi connectivity index (χ0v) is 13.2. The third-order valence-corrected chi connectivity index (χ3v) is 3.40. The lowest BCUT2D eigenvalue weighted by Gasteiger charge is -2.25. The van der Waals surface area contributed by atoms with Gasteiger partial charge >= 0.3 is 0 Å². The summed E-state index contributed by atoms with van der Waals surface area (Å²) in [5, 5.41) is 2.89. The zero-order valence-electron chi connectivity index (χ0n) is 13.2. The minimum atomic E-state index is -0.805. The quantitative estimate of drug-likeness (QED) is 0.866. The second-order valence-electron chi connectivity index (χ2n) is 5.39. The smallest absolute Gasteiger partial charge is 0.256 e. The van der Waals surface area contributed by atoms with Crippen molar-refractivity contribution in [3.05, 3.63) is 23.8 Å². The predicted molar refractivity (Wildman–Crippen MR) is 81.3 cm³/mol. The summed E-state index contributed by atoms with van der Waals surface area (Å²) in [6.45, 7) is 9.64. The predicted octanol–water partition coefficient (Wildman–Crippen LogP) is 3.54. The summed E-state index contributed by atoms with van der Waals surface area (Å²) in [7, 11) is 1.55. The Morgan fingerprint density at radius 2 is 2.05 bits per heavy atom. The van der Waals surface area contributed by atoms with Crippen LogP contribution in [0, 0.1) is 6.92 Å². The van der Waals surface area contributed by atoms with Crippen LogP contribution in [0.5, 0.6) is 5.75 Å². The van der Waals surface area contributed by atoms with E-state index in [9.17, 15) is 4.79 Å². The third-order valence-electron chi connectivity index (χ3n) is 3.40. The lowest BCUT2D eigenvalue weighted by Crippen LogP contribution is -2.41. The van der Waals surface area contributed by atoms with E-state index in [-0.39, 0.29) is 12.0 Å². The van der Waals surface area contributed by atoms with Crippen molar-refractivity contribution in [1.29, 1.82) is 0 Å². The monoisotopic (exact) mass is 279 g/mol.